The van der Waals surface area contributed by atoms with E-state index in [1.165, 1.54) is 12.3 Å². The van der Waals surface area contributed by atoms with E-state index in [-0.39, 0.29) is 0 Å². The maximum absolute atomic E-state index is 10.8. The summed E-state index contributed by atoms with van der Waals surface area (Å²) in [6.07, 6.45) is 2.16. The van der Waals surface area contributed by atoms with Gasteiger partial charge in [-0.2, -0.15) is 5.10 Å². The first-order chi connectivity index (χ1) is 5.02. The monoisotopic (exact) mass is 174 g/mol. The minimum Gasteiger partial charge on any atom is -0.267 e. The molecule has 0 aliphatic carbocycles. The van der Waals surface area contributed by atoms with Gasteiger partial charge in [-0.1, -0.05) is 0 Å². The average Bonchev–Trinajstić information content (AvgIpc) is 1.86. The minimum absolute atomic E-state index is 0.438. The maximum atomic E-state index is 10.8. The van der Waals surface area contributed by atoms with Gasteiger partial charge in [0, 0.05) is 12.3 Å². The minimum atomic E-state index is -3.54. The number of aromatic nitrogens is 2. The molecule has 60 valence electrons. The molecule has 0 aliphatic heterocycles. The number of rotatable bonds is 1. The van der Waals surface area contributed by atoms with Gasteiger partial charge in [-0.15, -0.1) is 4.09 Å². The number of hydrogen-bond acceptors (Lipinski definition) is 4. The first kappa shape index (κ1) is 7.93. The van der Waals surface area contributed by atoms with Crippen molar-refractivity contribution in [3.05, 3.63) is 28.7 Å². The molecule has 0 bridgehead atoms. The van der Waals surface area contributed by atoms with Gasteiger partial charge < -0.3 is 0 Å². The molecule has 0 saturated heterocycles. The quantitative estimate of drug-likeness (QED) is 0.550. The molecule has 0 spiro atoms. The molecule has 0 atom stereocenters. The fourth-order valence-electron chi connectivity index (χ4n) is 0.594. The molecule has 1 aromatic heterocycles. The zero-order valence-corrected chi connectivity index (χ0v) is 6.58. The summed E-state index contributed by atoms with van der Waals surface area (Å²) >= 11 is 0. The van der Waals surface area contributed by atoms with Gasteiger partial charge in [0.15, 0.2) is 0 Å². The Hall–Kier alpha value is -1.17. The van der Waals surface area contributed by atoms with Crippen molar-refractivity contribution in [2.24, 2.45) is 0 Å². The lowest BCUT2D eigenvalue weighted by molar-refractivity contribution is 0.582. The van der Waals surface area contributed by atoms with Crippen molar-refractivity contribution in [1.29, 1.82) is 0 Å². The molecule has 1 heterocycles. The van der Waals surface area contributed by atoms with E-state index in [2.05, 4.69) is 5.10 Å². The molecule has 0 aliphatic rings. The van der Waals surface area contributed by atoms with E-state index in [1.807, 2.05) is 0 Å². The third-order valence-corrected chi connectivity index (χ3v) is 1.90. The molecule has 0 aromatic carbocycles. The van der Waals surface area contributed by atoms with Crippen LogP contribution in [0.3, 0.4) is 0 Å². The van der Waals surface area contributed by atoms with Crippen LogP contribution in [0.1, 0.15) is 0 Å². The van der Waals surface area contributed by atoms with Crippen LogP contribution < -0.4 is 5.56 Å². The standard InChI is InChI=1S/C5H6N2O3S/c1-11(9,10)7-5(8)3-2-4-6-7/h2-4H,1H3. The summed E-state index contributed by atoms with van der Waals surface area (Å²) in [5, 5.41) is 3.37. The second kappa shape index (κ2) is 2.46. The van der Waals surface area contributed by atoms with Crippen LogP contribution in [0.5, 0.6) is 0 Å². The Labute approximate surface area is 63.3 Å². The normalized spacial score (nSPS) is 11.4. The van der Waals surface area contributed by atoms with Crippen molar-refractivity contribution >= 4 is 10.0 Å². The highest BCUT2D eigenvalue weighted by Crippen LogP contribution is 1.81. The topological polar surface area (TPSA) is 69.0 Å². The lowest BCUT2D eigenvalue weighted by atomic mass is 10.6. The molecule has 0 N–H and O–H groups in total. The SMILES string of the molecule is CS(=O)(=O)n1ncccc1=O. The van der Waals surface area contributed by atoms with Gasteiger partial charge in [0.05, 0.1) is 6.26 Å². The molecule has 0 amide bonds. The van der Waals surface area contributed by atoms with Crippen molar-refractivity contribution in [2.75, 3.05) is 6.26 Å². The Morgan fingerprint density at radius 3 is 2.55 bits per heavy atom. The van der Waals surface area contributed by atoms with Crippen LogP contribution in [0.15, 0.2) is 23.1 Å². The fraction of sp³-hybridized carbons (Fsp3) is 0.200. The van der Waals surface area contributed by atoms with Gasteiger partial charge in [0.2, 0.25) is 0 Å². The summed E-state index contributed by atoms with van der Waals surface area (Å²) in [5.41, 5.74) is -0.644. The zero-order valence-electron chi connectivity index (χ0n) is 5.76. The zero-order chi connectivity index (χ0) is 8.48. The summed E-state index contributed by atoms with van der Waals surface area (Å²) in [6.45, 7) is 0. The van der Waals surface area contributed by atoms with Gasteiger partial charge in [-0.05, 0) is 6.07 Å². The lowest BCUT2D eigenvalue weighted by Crippen LogP contribution is -2.27. The molecule has 0 unspecified atom stereocenters. The van der Waals surface area contributed by atoms with E-state index in [0.717, 1.165) is 12.3 Å². The molecule has 0 fully saturated rings. The Morgan fingerprint density at radius 1 is 1.55 bits per heavy atom. The van der Waals surface area contributed by atoms with Crippen molar-refractivity contribution in [2.45, 2.75) is 0 Å². The first-order valence-corrected chi connectivity index (χ1v) is 4.61. The third kappa shape index (κ3) is 1.64. The Kier molecular flexibility index (Phi) is 1.77. The Morgan fingerprint density at radius 2 is 2.18 bits per heavy atom. The van der Waals surface area contributed by atoms with Crippen LogP contribution in [0, 0.1) is 0 Å². The molecule has 0 radical (unpaired) electrons. The highest BCUT2D eigenvalue weighted by Gasteiger charge is 2.06. The average molecular weight is 174 g/mol. The van der Waals surface area contributed by atoms with Gasteiger partial charge in [-0.3, -0.25) is 4.79 Å². The number of nitrogens with zero attached hydrogens (tertiary/aromatic N) is 2. The Balaban J connectivity index is 3.50. The predicted molar refractivity (Wildman–Crippen MR) is 38.7 cm³/mol. The van der Waals surface area contributed by atoms with E-state index in [4.69, 9.17) is 0 Å². The largest absolute Gasteiger partial charge is 0.281 e. The van der Waals surface area contributed by atoms with E-state index in [0.29, 0.717) is 4.09 Å². The lowest BCUT2D eigenvalue weighted by Gasteiger charge is -1.96. The molecule has 5 nitrogen and oxygen atoms in total. The summed E-state index contributed by atoms with van der Waals surface area (Å²) in [6, 6.07) is 2.51. The Bertz CT molecular complexity index is 406. The van der Waals surface area contributed by atoms with Crippen LogP contribution in [-0.2, 0) is 10.0 Å². The van der Waals surface area contributed by atoms with Crippen molar-refractivity contribution in [3.63, 3.8) is 0 Å². The molecule has 11 heavy (non-hydrogen) atoms. The van der Waals surface area contributed by atoms with Gasteiger partial charge >= 0.3 is 0 Å². The van der Waals surface area contributed by atoms with Crippen LogP contribution in [0.2, 0.25) is 0 Å². The second-order valence-corrected chi connectivity index (χ2v) is 3.78. The molecule has 0 saturated carbocycles. The maximum Gasteiger partial charge on any atom is 0.281 e. The summed E-state index contributed by atoms with van der Waals surface area (Å²) < 4.78 is 21.9. The molecular formula is C5H6N2O3S. The van der Waals surface area contributed by atoms with Crippen molar-refractivity contribution in [3.8, 4) is 0 Å². The van der Waals surface area contributed by atoms with E-state index in [1.54, 1.807) is 0 Å². The van der Waals surface area contributed by atoms with Crippen LogP contribution in [0.25, 0.3) is 0 Å². The van der Waals surface area contributed by atoms with Gasteiger partial charge in [-0.25, -0.2) is 8.42 Å². The van der Waals surface area contributed by atoms with Crippen molar-refractivity contribution < 1.29 is 8.42 Å². The van der Waals surface area contributed by atoms with Gasteiger partial charge in [0.1, 0.15) is 0 Å². The highest BCUT2D eigenvalue weighted by atomic mass is 32.2. The number of hydrogen-bond donors (Lipinski definition) is 0. The predicted octanol–water partition coefficient (Wildman–Crippen LogP) is -0.949. The fourth-order valence-corrected chi connectivity index (χ4v) is 1.21. The van der Waals surface area contributed by atoms with Gasteiger partial charge in [0.25, 0.3) is 15.6 Å². The van der Waals surface area contributed by atoms with E-state index in [9.17, 15) is 13.2 Å². The highest BCUT2D eigenvalue weighted by molar-refractivity contribution is 7.89. The van der Waals surface area contributed by atoms with E-state index >= 15 is 0 Å². The summed E-state index contributed by atoms with van der Waals surface area (Å²) in [7, 11) is -3.54. The van der Waals surface area contributed by atoms with Crippen LogP contribution >= 0.6 is 0 Å². The third-order valence-electron chi connectivity index (χ3n) is 0.999. The molecular weight excluding hydrogens is 168 g/mol. The smallest absolute Gasteiger partial charge is 0.267 e. The summed E-state index contributed by atoms with van der Waals surface area (Å²) in [5.74, 6) is 0. The second-order valence-electron chi connectivity index (χ2n) is 1.97. The molecule has 1 rings (SSSR count). The van der Waals surface area contributed by atoms with Crippen LogP contribution in [0.4, 0.5) is 0 Å². The summed E-state index contributed by atoms with van der Waals surface area (Å²) in [4.78, 5) is 10.8. The van der Waals surface area contributed by atoms with Crippen molar-refractivity contribution in [1.82, 2.24) is 9.19 Å². The molecule has 1 aromatic rings. The first-order valence-electron chi connectivity index (χ1n) is 2.77. The van der Waals surface area contributed by atoms with Crippen LogP contribution in [-0.4, -0.2) is 23.9 Å². The molecule has 6 heteroatoms. The van der Waals surface area contributed by atoms with E-state index < -0.39 is 15.6 Å².